The summed E-state index contributed by atoms with van der Waals surface area (Å²) in [4.78, 5) is 4.52. The highest BCUT2D eigenvalue weighted by atomic mass is 16.6. The van der Waals surface area contributed by atoms with Gasteiger partial charge in [-0.15, -0.1) is 0 Å². The molecule has 0 spiro atoms. The van der Waals surface area contributed by atoms with Crippen LogP contribution in [0, 0.1) is 0 Å². The zero-order valence-corrected chi connectivity index (χ0v) is 6.24. The molecule has 3 nitrogen and oxygen atoms in total. The normalized spacial score (nSPS) is 13.0. The molecule has 0 fully saturated rings. The van der Waals surface area contributed by atoms with Crippen molar-refractivity contribution in [1.82, 2.24) is 5.32 Å². The molecule has 0 saturated carbocycles. The predicted octanol–water partition coefficient (Wildman–Crippen LogP) is 0.908. The van der Waals surface area contributed by atoms with Gasteiger partial charge < -0.3 is 10.2 Å². The standard InChI is InChI=1S/C5H5NO.C2H7N/c1-2-4-6-7-5-3-1;1-3-2/h1-5H;3H,1-2H3. The van der Waals surface area contributed by atoms with E-state index in [4.69, 9.17) is 0 Å². The number of nitrogens with one attached hydrogen (secondary N) is 1. The highest BCUT2D eigenvalue weighted by molar-refractivity contribution is 5.71. The Hall–Kier alpha value is -1.09. The van der Waals surface area contributed by atoms with Crippen LogP contribution in [0.5, 0.6) is 0 Å². The average Bonchev–Trinajstić information content (AvgIpc) is 2.17. The molecule has 0 saturated heterocycles. The van der Waals surface area contributed by atoms with Crippen molar-refractivity contribution >= 4 is 6.21 Å². The second kappa shape index (κ2) is 7.91. The van der Waals surface area contributed by atoms with Gasteiger partial charge in [-0.25, -0.2) is 0 Å². The van der Waals surface area contributed by atoms with E-state index in [1.54, 1.807) is 18.4 Å². The van der Waals surface area contributed by atoms with Crippen molar-refractivity contribution in [3.05, 3.63) is 24.5 Å². The van der Waals surface area contributed by atoms with E-state index in [1.165, 1.54) is 6.26 Å². The Kier molecular flexibility index (Phi) is 7.05. The van der Waals surface area contributed by atoms with Crippen LogP contribution in [0.15, 0.2) is 29.6 Å². The van der Waals surface area contributed by atoms with Crippen LogP contribution in [0.4, 0.5) is 0 Å². The third kappa shape index (κ3) is 6.91. The number of hydrogen-bond donors (Lipinski definition) is 1. The Morgan fingerprint density at radius 2 is 1.90 bits per heavy atom. The Labute approximate surface area is 61.1 Å². The minimum absolute atomic E-state index is 1.51. The summed E-state index contributed by atoms with van der Waals surface area (Å²) in [6.07, 6.45) is 8.51. The van der Waals surface area contributed by atoms with Crippen molar-refractivity contribution in [2.45, 2.75) is 0 Å². The third-order valence-corrected chi connectivity index (χ3v) is 0.569. The molecule has 0 aromatic heterocycles. The lowest BCUT2D eigenvalue weighted by molar-refractivity contribution is 0.271. The molecule has 0 aromatic rings. The number of oxime groups is 1. The largest absolute Gasteiger partial charge is 0.365 e. The summed E-state index contributed by atoms with van der Waals surface area (Å²) in [5.74, 6) is 0. The molecule has 0 amide bonds. The minimum atomic E-state index is 1.51. The SMILES string of the molecule is C1=CC=NOC=C1.CNC. The van der Waals surface area contributed by atoms with E-state index in [0.29, 0.717) is 0 Å². The van der Waals surface area contributed by atoms with E-state index in [2.05, 4.69) is 15.3 Å². The lowest BCUT2D eigenvalue weighted by Crippen LogP contribution is -1.89. The van der Waals surface area contributed by atoms with E-state index in [-0.39, 0.29) is 0 Å². The summed E-state index contributed by atoms with van der Waals surface area (Å²) in [6.45, 7) is 0. The van der Waals surface area contributed by atoms with Gasteiger partial charge in [-0.3, -0.25) is 0 Å². The van der Waals surface area contributed by atoms with Gasteiger partial charge in [0.05, 0.1) is 6.21 Å². The zero-order chi connectivity index (χ0) is 7.66. The maximum absolute atomic E-state index is 4.52. The fourth-order valence-electron chi connectivity index (χ4n) is 0.300. The molecule has 0 aliphatic carbocycles. The molecule has 3 heteroatoms. The Balaban J connectivity index is 0.000000236. The van der Waals surface area contributed by atoms with Crippen LogP contribution in [0.2, 0.25) is 0 Å². The molecule has 0 atom stereocenters. The predicted molar refractivity (Wildman–Crippen MR) is 42.8 cm³/mol. The number of rotatable bonds is 0. The average molecular weight is 140 g/mol. The van der Waals surface area contributed by atoms with Crippen LogP contribution in [0.3, 0.4) is 0 Å². The molecule has 0 unspecified atom stereocenters. The van der Waals surface area contributed by atoms with Crippen molar-refractivity contribution < 1.29 is 4.84 Å². The molecule has 1 aliphatic heterocycles. The van der Waals surface area contributed by atoms with Gasteiger partial charge in [0.15, 0.2) is 0 Å². The van der Waals surface area contributed by atoms with Gasteiger partial charge in [0, 0.05) is 0 Å². The Bertz CT molecular complexity index is 125. The molecule has 1 rings (SSSR count). The first-order valence-electron chi connectivity index (χ1n) is 3.01. The minimum Gasteiger partial charge on any atom is -0.365 e. The lowest BCUT2D eigenvalue weighted by Gasteiger charge is -1.77. The number of nitrogens with zero attached hydrogens (tertiary/aromatic N) is 1. The van der Waals surface area contributed by atoms with Gasteiger partial charge in [0.2, 0.25) is 0 Å². The molecule has 1 heterocycles. The van der Waals surface area contributed by atoms with Gasteiger partial charge in [-0.1, -0.05) is 11.2 Å². The highest BCUT2D eigenvalue weighted by Crippen LogP contribution is 1.83. The highest BCUT2D eigenvalue weighted by Gasteiger charge is 1.70. The summed E-state index contributed by atoms with van der Waals surface area (Å²) >= 11 is 0. The van der Waals surface area contributed by atoms with Crippen LogP contribution in [0.1, 0.15) is 0 Å². The fourth-order valence-corrected chi connectivity index (χ4v) is 0.300. The monoisotopic (exact) mass is 140 g/mol. The maximum atomic E-state index is 4.52. The summed E-state index contributed by atoms with van der Waals surface area (Å²) in [7, 11) is 3.75. The first-order chi connectivity index (χ1) is 4.91. The topological polar surface area (TPSA) is 33.6 Å². The number of hydrogen-bond acceptors (Lipinski definition) is 3. The van der Waals surface area contributed by atoms with Crippen molar-refractivity contribution in [3.63, 3.8) is 0 Å². The maximum Gasteiger partial charge on any atom is 0.122 e. The van der Waals surface area contributed by atoms with E-state index < -0.39 is 0 Å². The van der Waals surface area contributed by atoms with Crippen LogP contribution in [0.25, 0.3) is 0 Å². The molecular formula is C7H12N2O. The Morgan fingerprint density at radius 3 is 2.60 bits per heavy atom. The molecule has 0 bridgehead atoms. The molecule has 0 aromatic carbocycles. The van der Waals surface area contributed by atoms with Crippen molar-refractivity contribution in [2.75, 3.05) is 14.1 Å². The molecule has 0 radical (unpaired) electrons. The second-order valence-electron chi connectivity index (χ2n) is 1.57. The molecule has 10 heavy (non-hydrogen) atoms. The van der Waals surface area contributed by atoms with E-state index in [0.717, 1.165) is 0 Å². The quantitative estimate of drug-likeness (QED) is 0.542. The van der Waals surface area contributed by atoms with Crippen LogP contribution in [-0.2, 0) is 4.84 Å². The summed E-state index contributed by atoms with van der Waals surface area (Å²) < 4.78 is 0. The molecular weight excluding hydrogens is 128 g/mol. The summed E-state index contributed by atoms with van der Waals surface area (Å²) in [5, 5.41) is 6.22. The van der Waals surface area contributed by atoms with Gasteiger partial charge in [-0.2, -0.15) is 0 Å². The van der Waals surface area contributed by atoms with E-state index in [9.17, 15) is 0 Å². The summed E-state index contributed by atoms with van der Waals surface area (Å²) in [6, 6.07) is 0. The van der Waals surface area contributed by atoms with Crippen LogP contribution < -0.4 is 5.32 Å². The smallest absolute Gasteiger partial charge is 0.122 e. The zero-order valence-electron chi connectivity index (χ0n) is 6.24. The first kappa shape index (κ1) is 8.91. The van der Waals surface area contributed by atoms with Gasteiger partial charge in [-0.05, 0) is 26.2 Å². The first-order valence-corrected chi connectivity index (χ1v) is 3.01. The van der Waals surface area contributed by atoms with Gasteiger partial charge in [0.1, 0.15) is 6.26 Å². The molecule has 1 aliphatic rings. The van der Waals surface area contributed by atoms with Crippen LogP contribution in [-0.4, -0.2) is 20.3 Å². The fraction of sp³-hybridized carbons (Fsp3) is 0.286. The van der Waals surface area contributed by atoms with Crippen molar-refractivity contribution in [1.29, 1.82) is 0 Å². The van der Waals surface area contributed by atoms with Gasteiger partial charge in [0.25, 0.3) is 0 Å². The number of allylic oxidation sites excluding steroid dienone is 3. The molecule has 1 N–H and O–H groups in total. The van der Waals surface area contributed by atoms with Gasteiger partial charge >= 0.3 is 0 Å². The van der Waals surface area contributed by atoms with Crippen molar-refractivity contribution in [2.24, 2.45) is 5.16 Å². The van der Waals surface area contributed by atoms with Crippen LogP contribution >= 0.6 is 0 Å². The second-order valence-corrected chi connectivity index (χ2v) is 1.57. The van der Waals surface area contributed by atoms with Crippen molar-refractivity contribution in [3.8, 4) is 0 Å². The van der Waals surface area contributed by atoms with E-state index >= 15 is 0 Å². The lowest BCUT2D eigenvalue weighted by atomic mass is 10.5. The molecule has 56 valence electrons. The summed E-state index contributed by atoms with van der Waals surface area (Å²) in [5.41, 5.74) is 0. The van der Waals surface area contributed by atoms with E-state index in [1.807, 2.05) is 20.2 Å². The third-order valence-electron chi connectivity index (χ3n) is 0.569. The Morgan fingerprint density at radius 1 is 1.20 bits per heavy atom.